The highest BCUT2D eigenvalue weighted by Crippen LogP contribution is 2.38. The Bertz CT molecular complexity index is 913. The SMILES string of the molecule is COCCNc1ccc(N=CC2C(=O)Nc3ccc(F)cc32)cc1C(F)(F)F. The number of methoxy groups -OCH3 is 1. The van der Waals surface area contributed by atoms with Crippen LogP contribution in [0, 0.1) is 5.82 Å². The third kappa shape index (κ3) is 4.30. The zero-order chi connectivity index (χ0) is 20.3. The third-order valence-corrected chi connectivity index (χ3v) is 4.19. The van der Waals surface area contributed by atoms with Gasteiger partial charge in [0.05, 0.1) is 17.9 Å². The minimum atomic E-state index is -4.58. The fourth-order valence-corrected chi connectivity index (χ4v) is 2.85. The molecule has 1 aliphatic heterocycles. The third-order valence-electron chi connectivity index (χ3n) is 4.19. The van der Waals surface area contributed by atoms with Gasteiger partial charge in [0.2, 0.25) is 5.91 Å². The van der Waals surface area contributed by atoms with Crippen molar-refractivity contribution in [3.05, 3.63) is 53.3 Å². The molecule has 0 aromatic heterocycles. The van der Waals surface area contributed by atoms with E-state index in [1.807, 2.05) is 0 Å². The highest BCUT2D eigenvalue weighted by molar-refractivity contribution is 6.12. The molecule has 3 rings (SSSR count). The number of ether oxygens (including phenoxy) is 1. The summed E-state index contributed by atoms with van der Waals surface area (Å²) in [6.45, 7) is 0.469. The Kier molecular flexibility index (Phi) is 5.64. The predicted molar refractivity (Wildman–Crippen MR) is 97.7 cm³/mol. The molecule has 2 N–H and O–H groups in total. The molecule has 0 aliphatic carbocycles. The van der Waals surface area contributed by atoms with E-state index in [4.69, 9.17) is 4.74 Å². The van der Waals surface area contributed by atoms with Crippen LogP contribution < -0.4 is 10.6 Å². The van der Waals surface area contributed by atoms with Crippen LogP contribution in [0.25, 0.3) is 0 Å². The number of aliphatic imine (C=N–C) groups is 1. The smallest absolute Gasteiger partial charge is 0.383 e. The molecule has 0 saturated heterocycles. The van der Waals surface area contributed by atoms with E-state index >= 15 is 0 Å². The molecule has 0 bridgehead atoms. The Hall–Kier alpha value is -2.94. The van der Waals surface area contributed by atoms with E-state index in [0.717, 1.165) is 6.07 Å². The average molecular weight is 395 g/mol. The summed E-state index contributed by atoms with van der Waals surface area (Å²) < 4.78 is 58.3. The van der Waals surface area contributed by atoms with Crippen LogP contribution in [-0.4, -0.2) is 32.4 Å². The lowest BCUT2D eigenvalue weighted by molar-refractivity contribution is -0.137. The number of alkyl halides is 3. The first-order valence-electron chi connectivity index (χ1n) is 8.38. The largest absolute Gasteiger partial charge is 0.418 e. The molecule has 1 unspecified atom stereocenters. The number of hydrogen-bond donors (Lipinski definition) is 2. The number of anilines is 2. The van der Waals surface area contributed by atoms with E-state index in [0.29, 0.717) is 11.3 Å². The molecule has 5 nitrogen and oxygen atoms in total. The number of halogens is 4. The van der Waals surface area contributed by atoms with Crippen LogP contribution in [0.15, 0.2) is 41.4 Å². The zero-order valence-corrected chi connectivity index (χ0v) is 14.8. The fraction of sp³-hybridized carbons (Fsp3) is 0.263. The lowest BCUT2D eigenvalue weighted by Crippen LogP contribution is -2.14. The van der Waals surface area contributed by atoms with Crippen LogP contribution in [0.2, 0.25) is 0 Å². The molecule has 1 amide bonds. The summed E-state index contributed by atoms with van der Waals surface area (Å²) >= 11 is 0. The van der Waals surface area contributed by atoms with Crippen molar-refractivity contribution in [2.45, 2.75) is 12.1 Å². The van der Waals surface area contributed by atoms with Crippen LogP contribution in [-0.2, 0) is 15.7 Å². The van der Waals surface area contributed by atoms with E-state index < -0.39 is 29.4 Å². The van der Waals surface area contributed by atoms with Crippen LogP contribution in [0.4, 0.5) is 34.6 Å². The Morgan fingerprint density at radius 2 is 2.04 bits per heavy atom. The number of amides is 1. The van der Waals surface area contributed by atoms with Gasteiger partial charge in [0.1, 0.15) is 11.7 Å². The number of fused-ring (bicyclic) bond motifs is 1. The Balaban J connectivity index is 1.86. The van der Waals surface area contributed by atoms with Gasteiger partial charge in [0, 0.05) is 31.2 Å². The average Bonchev–Trinajstić information content (AvgIpc) is 2.94. The molecule has 1 aliphatic rings. The van der Waals surface area contributed by atoms with Gasteiger partial charge in [-0.1, -0.05) is 0 Å². The van der Waals surface area contributed by atoms with Gasteiger partial charge in [-0.2, -0.15) is 13.2 Å². The number of rotatable bonds is 6. The van der Waals surface area contributed by atoms with Gasteiger partial charge in [-0.25, -0.2) is 4.39 Å². The highest BCUT2D eigenvalue weighted by Gasteiger charge is 2.34. The summed E-state index contributed by atoms with van der Waals surface area (Å²) in [6, 6.07) is 7.41. The topological polar surface area (TPSA) is 62.7 Å². The minimum absolute atomic E-state index is 0.0299. The molecule has 148 valence electrons. The van der Waals surface area contributed by atoms with E-state index in [2.05, 4.69) is 15.6 Å². The first-order valence-corrected chi connectivity index (χ1v) is 8.38. The van der Waals surface area contributed by atoms with Gasteiger partial charge in [0.25, 0.3) is 0 Å². The minimum Gasteiger partial charge on any atom is -0.383 e. The second kappa shape index (κ2) is 7.97. The van der Waals surface area contributed by atoms with Crippen molar-refractivity contribution >= 4 is 29.2 Å². The van der Waals surface area contributed by atoms with Crippen molar-refractivity contribution in [1.82, 2.24) is 0 Å². The van der Waals surface area contributed by atoms with E-state index in [9.17, 15) is 22.4 Å². The molecule has 1 atom stereocenters. The Morgan fingerprint density at radius 1 is 1.25 bits per heavy atom. The molecular weight excluding hydrogens is 378 g/mol. The summed E-state index contributed by atoms with van der Waals surface area (Å²) in [5.41, 5.74) is -0.0865. The summed E-state index contributed by atoms with van der Waals surface area (Å²) in [5.74, 6) is -1.81. The van der Waals surface area contributed by atoms with Crippen LogP contribution >= 0.6 is 0 Å². The Labute approximate surface area is 158 Å². The predicted octanol–water partition coefficient (Wildman–Crippen LogP) is 4.34. The number of nitrogens with zero attached hydrogens (tertiary/aromatic N) is 1. The van der Waals surface area contributed by atoms with Gasteiger partial charge < -0.3 is 15.4 Å². The standard InChI is InChI=1S/C19H17F4N3O2/c1-28-7-6-24-17-5-3-12(9-15(17)19(21,22)23)25-10-14-13-8-11(20)2-4-16(13)26-18(14)27/h2-5,8-10,14,24H,6-7H2,1H3,(H,26,27). The molecule has 0 saturated carbocycles. The van der Waals surface area contributed by atoms with Crippen molar-refractivity contribution in [2.75, 3.05) is 30.9 Å². The second-order valence-electron chi connectivity index (χ2n) is 6.12. The van der Waals surface area contributed by atoms with Crippen LogP contribution in [0.3, 0.4) is 0 Å². The number of benzene rings is 2. The number of hydrogen-bond acceptors (Lipinski definition) is 4. The molecule has 0 spiro atoms. The van der Waals surface area contributed by atoms with Crippen LogP contribution in [0.1, 0.15) is 17.0 Å². The van der Waals surface area contributed by atoms with Gasteiger partial charge in [-0.15, -0.1) is 0 Å². The summed E-state index contributed by atoms with van der Waals surface area (Å²) in [5, 5.41) is 5.25. The molecule has 2 aromatic carbocycles. The second-order valence-corrected chi connectivity index (χ2v) is 6.12. The molecule has 0 radical (unpaired) electrons. The normalized spacial score (nSPS) is 16.3. The van der Waals surface area contributed by atoms with Gasteiger partial charge in [-0.05, 0) is 42.0 Å². The van der Waals surface area contributed by atoms with Crippen molar-refractivity contribution in [3.8, 4) is 0 Å². The monoisotopic (exact) mass is 395 g/mol. The van der Waals surface area contributed by atoms with Crippen molar-refractivity contribution < 1.29 is 27.1 Å². The zero-order valence-electron chi connectivity index (χ0n) is 14.8. The maximum atomic E-state index is 13.5. The fourth-order valence-electron chi connectivity index (χ4n) is 2.85. The van der Waals surface area contributed by atoms with Gasteiger partial charge in [0.15, 0.2) is 0 Å². The maximum absolute atomic E-state index is 13.5. The Morgan fingerprint density at radius 3 is 2.75 bits per heavy atom. The van der Waals surface area contributed by atoms with Crippen molar-refractivity contribution in [2.24, 2.45) is 4.99 Å². The first kappa shape index (κ1) is 19.8. The van der Waals surface area contributed by atoms with Crippen molar-refractivity contribution in [1.29, 1.82) is 0 Å². The molecule has 1 heterocycles. The summed E-state index contributed by atoms with van der Waals surface area (Å²) in [7, 11) is 1.45. The summed E-state index contributed by atoms with van der Waals surface area (Å²) in [6.07, 6.45) is -3.37. The summed E-state index contributed by atoms with van der Waals surface area (Å²) in [4.78, 5) is 16.1. The number of nitrogens with one attached hydrogen (secondary N) is 2. The molecule has 2 aromatic rings. The van der Waals surface area contributed by atoms with Crippen molar-refractivity contribution in [3.63, 3.8) is 0 Å². The molecule has 28 heavy (non-hydrogen) atoms. The number of carbonyl (C=O) groups is 1. The van der Waals surface area contributed by atoms with Gasteiger partial charge >= 0.3 is 6.18 Å². The maximum Gasteiger partial charge on any atom is 0.418 e. The highest BCUT2D eigenvalue weighted by atomic mass is 19.4. The molecule has 0 fully saturated rings. The quantitative estimate of drug-likeness (QED) is 0.435. The van der Waals surface area contributed by atoms with E-state index in [-0.39, 0.29) is 24.5 Å². The first-order chi connectivity index (χ1) is 13.3. The lowest BCUT2D eigenvalue weighted by atomic mass is 10.0. The lowest BCUT2D eigenvalue weighted by Gasteiger charge is -2.15. The van der Waals surface area contributed by atoms with E-state index in [1.54, 1.807) is 0 Å². The molecular formula is C19H17F4N3O2. The van der Waals surface area contributed by atoms with Crippen LogP contribution in [0.5, 0.6) is 0 Å². The van der Waals surface area contributed by atoms with E-state index in [1.165, 1.54) is 43.7 Å². The number of carbonyl (C=O) groups excluding carboxylic acids is 1. The molecule has 9 heteroatoms. The van der Waals surface area contributed by atoms with Gasteiger partial charge in [-0.3, -0.25) is 9.79 Å².